The molecule has 3 aromatic rings. The number of hydrazine groups is 1. The molecule has 0 aliphatic heterocycles. The fourth-order valence-electron chi connectivity index (χ4n) is 2.91. The number of benzene rings is 3. The Bertz CT molecular complexity index is 1350. The van der Waals surface area contributed by atoms with E-state index < -0.39 is 17.8 Å². The van der Waals surface area contributed by atoms with Crippen molar-refractivity contribution in [2.75, 3.05) is 5.32 Å². The van der Waals surface area contributed by atoms with Crippen LogP contribution in [0.4, 0.5) is 5.69 Å². The van der Waals surface area contributed by atoms with Crippen LogP contribution in [0.1, 0.15) is 40.1 Å². The van der Waals surface area contributed by atoms with Crippen LogP contribution in [0.25, 0.3) is 6.08 Å². The lowest BCUT2D eigenvalue weighted by Crippen LogP contribution is -2.40. The van der Waals surface area contributed by atoms with Crippen molar-refractivity contribution in [3.8, 4) is 5.75 Å². The van der Waals surface area contributed by atoms with Gasteiger partial charge in [-0.05, 0) is 54.6 Å². The van der Waals surface area contributed by atoms with E-state index >= 15 is 0 Å². The third-order valence-electron chi connectivity index (χ3n) is 4.93. The molecule has 0 atom stereocenters. The summed E-state index contributed by atoms with van der Waals surface area (Å²) in [5.41, 5.74) is 6.01. The average molecular weight is 540 g/mol. The molecule has 0 saturated carbocycles. The minimum Gasteiger partial charge on any atom is -0.422 e. The highest BCUT2D eigenvalue weighted by atomic mass is 35.5. The number of hydrogen-bond donors (Lipinski definition) is 3. The van der Waals surface area contributed by atoms with Crippen molar-refractivity contribution in [2.45, 2.75) is 13.8 Å². The fourth-order valence-corrected chi connectivity index (χ4v) is 3.40. The Morgan fingerprint density at radius 3 is 2.27 bits per heavy atom. The summed E-state index contributed by atoms with van der Waals surface area (Å²) in [4.78, 5) is 48.8. The molecule has 0 heterocycles. The maximum atomic E-state index is 12.5. The summed E-state index contributed by atoms with van der Waals surface area (Å²) in [7, 11) is 0. The van der Waals surface area contributed by atoms with E-state index in [1.807, 2.05) is 0 Å². The fraction of sp³-hybridized carbons (Fsp3) is 0.111. The molecule has 8 nitrogen and oxygen atoms in total. The van der Waals surface area contributed by atoms with Gasteiger partial charge in [0.2, 0.25) is 5.91 Å². The van der Waals surface area contributed by atoms with Gasteiger partial charge >= 0.3 is 5.97 Å². The van der Waals surface area contributed by atoms with E-state index in [-0.39, 0.29) is 33.7 Å². The predicted molar refractivity (Wildman–Crippen MR) is 142 cm³/mol. The van der Waals surface area contributed by atoms with Gasteiger partial charge in [-0.25, -0.2) is 4.79 Å². The SMILES string of the molecule is CC(C)C(=O)Nc1ccc(C(=O)NNC(=O)/C=C/c2ccccc2OC(=O)c2ccc(Cl)cc2Cl)cc1. The first-order valence-corrected chi connectivity index (χ1v) is 11.8. The van der Waals surface area contributed by atoms with E-state index in [2.05, 4.69) is 16.2 Å². The summed E-state index contributed by atoms with van der Waals surface area (Å²) < 4.78 is 5.44. The van der Waals surface area contributed by atoms with Crippen LogP contribution in [0.15, 0.2) is 72.8 Å². The highest BCUT2D eigenvalue weighted by Crippen LogP contribution is 2.25. The number of rotatable bonds is 7. The van der Waals surface area contributed by atoms with E-state index in [0.29, 0.717) is 16.3 Å². The second kappa shape index (κ2) is 12.7. The summed E-state index contributed by atoms with van der Waals surface area (Å²) in [5.74, 6) is -1.95. The van der Waals surface area contributed by atoms with Gasteiger partial charge in [0.25, 0.3) is 11.8 Å². The minimum atomic E-state index is -0.686. The summed E-state index contributed by atoms with van der Waals surface area (Å²) in [6, 6.07) is 17.2. The minimum absolute atomic E-state index is 0.138. The molecule has 0 fully saturated rings. The van der Waals surface area contributed by atoms with Gasteiger partial charge in [-0.3, -0.25) is 25.2 Å². The Hall–Kier alpha value is -4.14. The molecular weight excluding hydrogens is 517 g/mol. The maximum Gasteiger partial charge on any atom is 0.345 e. The number of nitrogens with one attached hydrogen (secondary N) is 3. The molecule has 190 valence electrons. The third kappa shape index (κ3) is 7.93. The Kier molecular flexibility index (Phi) is 9.43. The number of carbonyl (C=O) groups excluding carboxylic acids is 4. The van der Waals surface area contributed by atoms with Crippen LogP contribution < -0.4 is 20.9 Å². The van der Waals surface area contributed by atoms with Gasteiger partial charge in [-0.2, -0.15) is 0 Å². The summed E-state index contributed by atoms with van der Waals surface area (Å²) in [6.07, 6.45) is 2.60. The predicted octanol–water partition coefficient (Wildman–Crippen LogP) is 5.28. The molecule has 0 unspecified atom stereocenters. The molecule has 3 aromatic carbocycles. The van der Waals surface area contributed by atoms with Crippen molar-refractivity contribution >= 4 is 58.7 Å². The number of carbonyl (C=O) groups is 4. The molecule has 3 amide bonds. The van der Waals surface area contributed by atoms with E-state index in [1.165, 1.54) is 42.5 Å². The quantitative estimate of drug-likeness (QED) is 0.163. The van der Waals surface area contributed by atoms with E-state index in [1.54, 1.807) is 50.2 Å². The number of ether oxygens (including phenoxy) is 1. The van der Waals surface area contributed by atoms with Crippen LogP contribution in [0.3, 0.4) is 0 Å². The number of esters is 1. The van der Waals surface area contributed by atoms with Gasteiger partial charge in [0.15, 0.2) is 0 Å². The van der Waals surface area contributed by atoms with Crippen molar-refractivity contribution in [3.05, 3.63) is 99.5 Å². The zero-order valence-corrected chi connectivity index (χ0v) is 21.4. The number of anilines is 1. The standard InChI is InChI=1S/C27H23Cl2N3O5/c1-16(2)25(34)30-20-11-7-18(8-12-20)26(35)32-31-24(33)14-9-17-5-3-4-6-23(17)37-27(36)21-13-10-19(28)15-22(21)29/h3-16H,1-2H3,(H,30,34)(H,31,33)(H,32,35)/b14-9+. The van der Waals surface area contributed by atoms with E-state index in [9.17, 15) is 19.2 Å². The highest BCUT2D eigenvalue weighted by molar-refractivity contribution is 6.36. The normalized spacial score (nSPS) is 10.7. The highest BCUT2D eigenvalue weighted by Gasteiger charge is 2.15. The molecule has 10 heteroatoms. The molecule has 0 aromatic heterocycles. The molecular formula is C27H23Cl2N3O5. The lowest BCUT2D eigenvalue weighted by Gasteiger charge is -2.09. The van der Waals surface area contributed by atoms with Gasteiger partial charge < -0.3 is 10.1 Å². The first kappa shape index (κ1) is 27.4. The maximum absolute atomic E-state index is 12.5. The lowest BCUT2D eigenvalue weighted by molar-refractivity contribution is -0.119. The van der Waals surface area contributed by atoms with Gasteiger partial charge in [-0.15, -0.1) is 0 Å². The van der Waals surface area contributed by atoms with Crippen LogP contribution in [0.2, 0.25) is 10.0 Å². The molecule has 37 heavy (non-hydrogen) atoms. The van der Waals surface area contributed by atoms with Crippen molar-refractivity contribution in [1.29, 1.82) is 0 Å². The molecule has 3 N–H and O–H groups in total. The Balaban J connectivity index is 1.57. The van der Waals surface area contributed by atoms with Gasteiger partial charge in [0, 0.05) is 33.8 Å². The second-order valence-corrected chi connectivity index (χ2v) is 8.89. The largest absolute Gasteiger partial charge is 0.422 e. The smallest absolute Gasteiger partial charge is 0.345 e. The Morgan fingerprint density at radius 2 is 1.59 bits per heavy atom. The second-order valence-electron chi connectivity index (χ2n) is 8.05. The molecule has 0 radical (unpaired) electrons. The zero-order chi connectivity index (χ0) is 26.9. The average Bonchev–Trinajstić information content (AvgIpc) is 2.87. The molecule has 0 saturated heterocycles. The molecule has 0 aliphatic carbocycles. The van der Waals surface area contributed by atoms with Crippen molar-refractivity contribution in [3.63, 3.8) is 0 Å². The summed E-state index contributed by atoms with van der Waals surface area (Å²) in [6.45, 7) is 3.55. The summed E-state index contributed by atoms with van der Waals surface area (Å²) >= 11 is 11.9. The molecule has 0 spiro atoms. The Morgan fingerprint density at radius 1 is 0.892 bits per heavy atom. The Labute approximate surface area is 223 Å². The topological polar surface area (TPSA) is 114 Å². The van der Waals surface area contributed by atoms with Gasteiger partial charge in [0.1, 0.15) is 5.75 Å². The van der Waals surface area contributed by atoms with Crippen molar-refractivity contribution in [2.24, 2.45) is 5.92 Å². The van der Waals surface area contributed by atoms with Gasteiger partial charge in [0.05, 0.1) is 10.6 Å². The van der Waals surface area contributed by atoms with Crippen molar-refractivity contribution in [1.82, 2.24) is 10.9 Å². The van der Waals surface area contributed by atoms with Crippen LogP contribution in [-0.2, 0) is 9.59 Å². The number of halogens is 2. The van der Waals surface area contributed by atoms with Crippen LogP contribution in [-0.4, -0.2) is 23.7 Å². The number of para-hydroxylation sites is 1. The van der Waals surface area contributed by atoms with E-state index in [4.69, 9.17) is 27.9 Å². The van der Waals surface area contributed by atoms with Crippen LogP contribution in [0, 0.1) is 5.92 Å². The molecule has 3 rings (SSSR count). The first-order chi connectivity index (χ1) is 17.6. The van der Waals surface area contributed by atoms with Crippen LogP contribution in [0.5, 0.6) is 5.75 Å². The third-order valence-corrected chi connectivity index (χ3v) is 5.47. The zero-order valence-electron chi connectivity index (χ0n) is 19.9. The molecule has 0 aliphatic rings. The summed E-state index contributed by atoms with van der Waals surface area (Å²) in [5, 5.41) is 3.26. The number of amides is 3. The van der Waals surface area contributed by atoms with Gasteiger partial charge in [-0.1, -0.05) is 55.2 Å². The first-order valence-electron chi connectivity index (χ1n) is 11.1. The van der Waals surface area contributed by atoms with E-state index in [0.717, 1.165) is 0 Å². The molecule has 0 bridgehead atoms. The monoisotopic (exact) mass is 539 g/mol. The van der Waals surface area contributed by atoms with Crippen LogP contribution >= 0.6 is 23.2 Å². The lowest BCUT2D eigenvalue weighted by atomic mass is 10.1. The van der Waals surface area contributed by atoms with Crippen molar-refractivity contribution < 1.29 is 23.9 Å². The number of hydrogen-bond acceptors (Lipinski definition) is 5.